The van der Waals surface area contributed by atoms with E-state index in [1.54, 1.807) is 6.92 Å². The molecule has 1 rings (SSSR count). The summed E-state index contributed by atoms with van der Waals surface area (Å²) in [5.41, 5.74) is 5.88. The fourth-order valence-corrected chi connectivity index (χ4v) is 0.954. The molecule has 0 spiro atoms. The first-order chi connectivity index (χ1) is 5.65. The predicted octanol–water partition coefficient (Wildman–Crippen LogP) is 0.613. The number of rotatable bonds is 2. The van der Waals surface area contributed by atoms with Gasteiger partial charge in [-0.3, -0.25) is 4.79 Å². The molecule has 0 atom stereocenters. The number of aromatic nitrogens is 2. The molecule has 0 aliphatic carbocycles. The van der Waals surface area contributed by atoms with E-state index >= 15 is 0 Å². The first-order valence-corrected chi connectivity index (χ1v) is 4.00. The molecule has 3 N–H and O–H groups in total. The fraction of sp³-hybridized carbons (Fsp3) is 0.500. The molecule has 0 fully saturated rings. The molecule has 0 aliphatic heterocycles. The molecule has 1 aromatic heterocycles. The van der Waals surface area contributed by atoms with Crippen LogP contribution in [0.15, 0.2) is 4.79 Å². The molecule has 1 heterocycles. The highest BCUT2D eigenvalue weighted by molar-refractivity contribution is 5.35. The van der Waals surface area contributed by atoms with Crippen LogP contribution in [0.4, 0.5) is 5.82 Å². The third kappa shape index (κ3) is 1.64. The Bertz CT molecular complexity index is 330. The van der Waals surface area contributed by atoms with Crippen molar-refractivity contribution in [1.82, 2.24) is 9.97 Å². The van der Waals surface area contributed by atoms with E-state index < -0.39 is 0 Å². The number of nitrogens with one attached hydrogen (secondary N) is 1. The molecule has 0 amide bonds. The number of nitrogens with two attached hydrogens (primary N) is 1. The molecule has 0 unspecified atom stereocenters. The SMILES string of the molecule is CCCc1nc(N)c(C)c(=O)[nH]1. The normalized spacial score (nSPS) is 10.2. The molecular formula is C8H13N3O. The van der Waals surface area contributed by atoms with Crippen molar-refractivity contribution in [2.24, 2.45) is 0 Å². The van der Waals surface area contributed by atoms with Gasteiger partial charge in [-0.05, 0) is 13.3 Å². The molecule has 12 heavy (non-hydrogen) atoms. The number of aromatic amines is 1. The van der Waals surface area contributed by atoms with E-state index in [9.17, 15) is 4.79 Å². The number of H-pyrrole nitrogens is 1. The van der Waals surface area contributed by atoms with Crippen LogP contribution >= 0.6 is 0 Å². The van der Waals surface area contributed by atoms with Crippen molar-refractivity contribution in [3.8, 4) is 0 Å². The van der Waals surface area contributed by atoms with Crippen molar-refractivity contribution in [3.63, 3.8) is 0 Å². The van der Waals surface area contributed by atoms with E-state index in [2.05, 4.69) is 9.97 Å². The zero-order valence-corrected chi connectivity index (χ0v) is 7.35. The first kappa shape index (κ1) is 8.77. The lowest BCUT2D eigenvalue weighted by atomic mass is 10.3. The number of aryl methyl sites for hydroxylation is 1. The van der Waals surface area contributed by atoms with Crippen molar-refractivity contribution in [2.45, 2.75) is 26.7 Å². The Hall–Kier alpha value is -1.32. The highest BCUT2D eigenvalue weighted by atomic mass is 16.1. The van der Waals surface area contributed by atoms with Gasteiger partial charge < -0.3 is 10.7 Å². The third-order valence-corrected chi connectivity index (χ3v) is 1.72. The van der Waals surface area contributed by atoms with Crippen LogP contribution in [0.1, 0.15) is 24.7 Å². The highest BCUT2D eigenvalue weighted by Crippen LogP contribution is 2.01. The highest BCUT2D eigenvalue weighted by Gasteiger charge is 2.02. The molecular weight excluding hydrogens is 154 g/mol. The van der Waals surface area contributed by atoms with Crippen molar-refractivity contribution in [2.75, 3.05) is 5.73 Å². The molecule has 0 bridgehead atoms. The topological polar surface area (TPSA) is 71.8 Å². The lowest BCUT2D eigenvalue weighted by Crippen LogP contribution is -2.17. The van der Waals surface area contributed by atoms with E-state index in [4.69, 9.17) is 5.73 Å². The second-order valence-corrected chi connectivity index (χ2v) is 2.77. The summed E-state index contributed by atoms with van der Waals surface area (Å²) >= 11 is 0. The van der Waals surface area contributed by atoms with Crippen molar-refractivity contribution >= 4 is 5.82 Å². The monoisotopic (exact) mass is 167 g/mol. The van der Waals surface area contributed by atoms with Crippen molar-refractivity contribution < 1.29 is 0 Å². The largest absolute Gasteiger partial charge is 0.383 e. The Morgan fingerprint density at radius 1 is 1.58 bits per heavy atom. The quantitative estimate of drug-likeness (QED) is 0.678. The smallest absolute Gasteiger partial charge is 0.255 e. The molecule has 0 saturated carbocycles. The summed E-state index contributed by atoms with van der Waals surface area (Å²) < 4.78 is 0. The Balaban J connectivity index is 3.13. The number of nitrogen functional groups attached to an aromatic ring is 1. The summed E-state index contributed by atoms with van der Waals surface area (Å²) in [6.07, 6.45) is 1.71. The number of hydrogen-bond donors (Lipinski definition) is 2. The van der Waals surface area contributed by atoms with E-state index in [0.717, 1.165) is 12.8 Å². The predicted molar refractivity (Wildman–Crippen MR) is 48.0 cm³/mol. The molecule has 4 nitrogen and oxygen atoms in total. The Morgan fingerprint density at radius 2 is 2.25 bits per heavy atom. The molecule has 66 valence electrons. The van der Waals surface area contributed by atoms with E-state index in [1.807, 2.05) is 6.92 Å². The second kappa shape index (κ2) is 3.38. The lowest BCUT2D eigenvalue weighted by molar-refractivity contribution is 0.824. The lowest BCUT2D eigenvalue weighted by Gasteiger charge is -2.01. The number of nitrogens with zero attached hydrogens (tertiary/aromatic N) is 1. The van der Waals surface area contributed by atoms with Gasteiger partial charge in [-0.2, -0.15) is 0 Å². The zero-order chi connectivity index (χ0) is 9.14. The van der Waals surface area contributed by atoms with Gasteiger partial charge in [-0.25, -0.2) is 4.98 Å². The van der Waals surface area contributed by atoms with Gasteiger partial charge in [0.15, 0.2) is 0 Å². The van der Waals surface area contributed by atoms with Crippen LogP contribution in [-0.4, -0.2) is 9.97 Å². The van der Waals surface area contributed by atoms with Crippen LogP contribution in [0, 0.1) is 6.92 Å². The molecule has 0 aromatic carbocycles. The summed E-state index contributed by atoms with van der Waals surface area (Å²) in [5, 5.41) is 0. The van der Waals surface area contributed by atoms with Gasteiger partial charge in [0.1, 0.15) is 11.6 Å². The average Bonchev–Trinajstić information content (AvgIpc) is 2.01. The maximum absolute atomic E-state index is 11.2. The van der Waals surface area contributed by atoms with Gasteiger partial charge in [0.25, 0.3) is 5.56 Å². The summed E-state index contributed by atoms with van der Waals surface area (Å²) in [5.74, 6) is 1.01. The molecule has 0 aliphatic rings. The summed E-state index contributed by atoms with van der Waals surface area (Å²) in [7, 11) is 0. The number of anilines is 1. The minimum absolute atomic E-state index is 0.133. The third-order valence-electron chi connectivity index (χ3n) is 1.72. The van der Waals surface area contributed by atoms with E-state index in [1.165, 1.54) is 0 Å². The van der Waals surface area contributed by atoms with Gasteiger partial charge in [-0.15, -0.1) is 0 Å². The van der Waals surface area contributed by atoms with Crippen LogP contribution < -0.4 is 11.3 Å². The Labute approximate surface area is 70.8 Å². The fourth-order valence-electron chi connectivity index (χ4n) is 0.954. The molecule has 4 heteroatoms. The molecule has 0 saturated heterocycles. The van der Waals surface area contributed by atoms with Gasteiger partial charge in [0, 0.05) is 6.42 Å². The minimum Gasteiger partial charge on any atom is -0.383 e. The summed E-state index contributed by atoms with van der Waals surface area (Å²) in [4.78, 5) is 17.9. The molecule has 0 radical (unpaired) electrons. The van der Waals surface area contributed by atoms with Gasteiger partial charge in [0.05, 0.1) is 5.56 Å². The molecule has 1 aromatic rings. The van der Waals surface area contributed by atoms with E-state index in [-0.39, 0.29) is 5.56 Å². The zero-order valence-electron chi connectivity index (χ0n) is 7.35. The van der Waals surface area contributed by atoms with Crippen LogP contribution in [0.3, 0.4) is 0 Å². The first-order valence-electron chi connectivity index (χ1n) is 4.00. The van der Waals surface area contributed by atoms with Crippen molar-refractivity contribution in [3.05, 3.63) is 21.7 Å². The van der Waals surface area contributed by atoms with Gasteiger partial charge in [-0.1, -0.05) is 6.92 Å². The standard InChI is InChI=1S/C8H13N3O/c1-3-4-6-10-7(9)5(2)8(12)11-6/h3-4H2,1-2H3,(H3,9,10,11,12). The van der Waals surface area contributed by atoms with Gasteiger partial charge >= 0.3 is 0 Å². The van der Waals surface area contributed by atoms with Crippen LogP contribution in [-0.2, 0) is 6.42 Å². The summed E-state index contributed by atoms with van der Waals surface area (Å²) in [6.45, 7) is 3.69. The maximum atomic E-state index is 11.2. The summed E-state index contributed by atoms with van der Waals surface area (Å²) in [6, 6.07) is 0. The minimum atomic E-state index is -0.133. The van der Waals surface area contributed by atoms with Crippen molar-refractivity contribution in [1.29, 1.82) is 0 Å². The number of hydrogen-bond acceptors (Lipinski definition) is 3. The second-order valence-electron chi connectivity index (χ2n) is 2.77. The van der Waals surface area contributed by atoms with Crippen LogP contribution in [0.5, 0.6) is 0 Å². The Morgan fingerprint density at radius 3 is 2.75 bits per heavy atom. The maximum Gasteiger partial charge on any atom is 0.255 e. The van der Waals surface area contributed by atoms with Crippen LogP contribution in [0.2, 0.25) is 0 Å². The average molecular weight is 167 g/mol. The van der Waals surface area contributed by atoms with E-state index in [0.29, 0.717) is 17.2 Å². The van der Waals surface area contributed by atoms with Crippen LogP contribution in [0.25, 0.3) is 0 Å². The Kier molecular flexibility index (Phi) is 2.47. The van der Waals surface area contributed by atoms with Gasteiger partial charge in [0.2, 0.25) is 0 Å².